The Morgan fingerprint density at radius 1 is 0.812 bits per heavy atom. The largest absolute Gasteiger partial charge is 0.465 e. The zero-order chi connectivity index (χ0) is 21.7. The maximum Gasteiger partial charge on any atom is 0.337 e. The van der Waals surface area contributed by atoms with Gasteiger partial charge in [-0.05, 0) is 80.0 Å². The molecule has 1 aliphatic heterocycles. The zero-order valence-electron chi connectivity index (χ0n) is 18.2. The first-order valence-corrected chi connectivity index (χ1v) is 12.0. The summed E-state index contributed by atoms with van der Waals surface area (Å²) in [7, 11) is 1.34. The molecule has 5 nitrogen and oxygen atoms in total. The molecule has 0 unspecified atom stereocenters. The van der Waals surface area contributed by atoms with Gasteiger partial charge >= 0.3 is 5.97 Å². The van der Waals surface area contributed by atoms with Gasteiger partial charge in [-0.2, -0.15) is 0 Å². The summed E-state index contributed by atoms with van der Waals surface area (Å²) in [6.45, 7) is 0. The number of hydrogen-bond donors (Lipinski definition) is 0. The van der Waals surface area contributed by atoms with Gasteiger partial charge < -0.3 is 4.74 Å². The van der Waals surface area contributed by atoms with E-state index in [9.17, 15) is 14.4 Å². The quantitative estimate of drug-likeness (QED) is 0.403. The number of benzene rings is 1. The van der Waals surface area contributed by atoms with E-state index in [1.54, 1.807) is 29.8 Å². The number of nitrogens with zero attached hydrogens (tertiary/aromatic N) is 1. The van der Waals surface area contributed by atoms with E-state index in [1.807, 2.05) is 0 Å². The number of fused-ring (bicyclic) bond motifs is 5. The molecule has 0 aromatic heterocycles. The summed E-state index contributed by atoms with van der Waals surface area (Å²) in [6, 6.07) is 6.58. The highest BCUT2D eigenvalue weighted by molar-refractivity contribution is 6.23. The van der Waals surface area contributed by atoms with Crippen LogP contribution in [0, 0.1) is 47.3 Å². The smallest absolute Gasteiger partial charge is 0.337 e. The number of imide groups is 1. The molecule has 1 saturated heterocycles. The Labute approximate surface area is 187 Å². The second kappa shape index (κ2) is 6.43. The second-order valence-electron chi connectivity index (χ2n) is 10.8. The third kappa shape index (κ3) is 2.32. The molecule has 2 amide bonds. The Morgan fingerprint density at radius 3 is 1.84 bits per heavy atom. The maximum atomic E-state index is 13.6. The normalized spacial score (nSPS) is 40.6. The van der Waals surface area contributed by atoms with E-state index in [0.717, 1.165) is 11.8 Å². The van der Waals surface area contributed by atoms with Crippen molar-refractivity contribution in [3.63, 3.8) is 0 Å². The van der Waals surface area contributed by atoms with Crippen molar-refractivity contribution in [3.8, 4) is 0 Å². The molecule has 1 heterocycles. The van der Waals surface area contributed by atoms with Gasteiger partial charge in [-0.15, -0.1) is 0 Å². The molecule has 0 radical (unpaired) electrons. The average molecular weight is 430 g/mol. The Balaban J connectivity index is 1.23. The molecular formula is C27H27NO4. The lowest BCUT2D eigenvalue weighted by atomic mass is 9.53. The van der Waals surface area contributed by atoms with Gasteiger partial charge in [-0.1, -0.05) is 23.3 Å². The zero-order valence-corrected chi connectivity index (χ0v) is 18.2. The predicted octanol–water partition coefficient (Wildman–Crippen LogP) is 4.15. The number of hydrogen-bond acceptors (Lipinski definition) is 4. The van der Waals surface area contributed by atoms with Crippen molar-refractivity contribution in [1.82, 2.24) is 0 Å². The number of anilines is 1. The number of methoxy groups -OCH3 is 1. The molecular weight excluding hydrogens is 402 g/mol. The third-order valence-corrected chi connectivity index (χ3v) is 9.31. The molecule has 32 heavy (non-hydrogen) atoms. The molecule has 7 aliphatic rings. The number of rotatable bonds is 2. The molecule has 4 atom stereocenters. The standard InChI is InChI=1S/C27H27NO4/c1-32-27(31)15-2-4-18(5-3-15)28-25(29)23-19-6-7-20(24(23)26(28)30)22(19)21-16-9-13-8-14(11-16)12-17(21)10-13/h2-7,13-14,16-17,19-20,23-24H,8-12H2,1H3/t13?,14?,16?,17?,19-,20-,23-,24-/m0/s1. The monoisotopic (exact) mass is 429 g/mol. The van der Waals surface area contributed by atoms with Gasteiger partial charge in [0.05, 0.1) is 30.2 Å². The van der Waals surface area contributed by atoms with Gasteiger partial charge in [-0.25, -0.2) is 9.69 Å². The first-order chi connectivity index (χ1) is 15.5. The van der Waals surface area contributed by atoms with E-state index < -0.39 is 5.97 Å². The summed E-state index contributed by atoms with van der Waals surface area (Å²) < 4.78 is 4.75. The molecule has 5 saturated carbocycles. The fraction of sp³-hybridized carbons (Fsp3) is 0.519. The predicted molar refractivity (Wildman–Crippen MR) is 117 cm³/mol. The van der Waals surface area contributed by atoms with Gasteiger partial charge in [0.25, 0.3) is 0 Å². The van der Waals surface area contributed by atoms with Crippen LogP contribution in [0.25, 0.3) is 0 Å². The number of carbonyl (C=O) groups is 3. The minimum atomic E-state index is -0.429. The van der Waals surface area contributed by atoms with Crippen LogP contribution in [0.15, 0.2) is 47.6 Å². The first kappa shape index (κ1) is 18.8. The molecule has 8 rings (SSSR count). The van der Waals surface area contributed by atoms with E-state index in [0.29, 0.717) is 23.1 Å². The molecule has 164 valence electrons. The van der Waals surface area contributed by atoms with Crippen molar-refractivity contribution in [3.05, 3.63) is 53.1 Å². The minimum Gasteiger partial charge on any atom is -0.465 e. The molecule has 0 N–H and O–H groups in total. The van der Waals surface area contributed by atoms with E-state index in [1.165, 1.54) is 49.7 Å². The number of allylic oxidation sites excluding steroid dienone is 4. The Bertz CT molecular complexity index is 1050. The summed E-state index contributed by atoms with van der Waals surface area (Å²) in [5, 5.41) is 0. The third-order valence-electron chi connectivity index (χ3n) is 9.31. The SMILES string of the molecule is COC(=O)c1ccc(N2C(=O)[C@@H]3[C@@H](C2=O)[C@H]2C=C[C@H]3C2=C2C3CC4CC(C3)CC2C4)cc1. The Morgan fingerprint density at radius 2 is 1.34 bits per heavy atom. The summed E-state index contributed by atoms with van der Waals surface area (Å²) in [4.78, 5) is 40.2. The number of amides is 2. The fourth-order valence-electron chi connectivity index (χ4n) is 8.43. The van der Waals surface area contributed by atoms with E-state index in [4.69, 9.17) is 4.74 Å². The number of carbonyl (C=O) groups excluding carboxylic acids is 3. The maximum absolute atomic E-state index is 13.6. The average Bonchev–Trinajstić information content (AvgIpc) is 3.42. The van der Waals surface area contributed by atoms with E-state index in [-0.39, 0.29) is 35.5 Å². The lowest BCUT2D eigenvalue weighted by molar-refractivity contribution is -0.123. The van der Waals surface area contributed by atoms with Crippen molar-refractivity contribution in [2.24, 2.45) is 47.3 Å². The lowest BCUT2D eigenvalue weighted by Gasteiger charge is -2.52. The molecule has 1 aromatic rings. The highest BCUT2D eigenvalue weighted by atomic mass is 16.5. The highest BCUT2D eigenvalue weighted by Gasteiger charge is 2.63. The molecule has 6 aliphatic carbocycles. The van der Waals surface area contributed by atoms with Crippen LogP contribution in [0.5, 0.6) is 0 Å². The van der Waals surface area contributed by atoms with Crippen LogP contribution in [-0.4, -0.2) is 24.9 Å². The summed E-state index contributed by atoms with van der Waals surface area (Å²) in [5.41, 5.74) is 4.06. The number of ether oxygens (including phenoxy) is 1. The molecule has 0 spiro atoms. The van der Waals surface area contributed by atoms with E-state index >= 15 is 0 Å². The molecule has 1 aromatic carbocycles. The molecule has 5 heteroatoms. The van der Waals surface area contributed by atoms with Crippen molar-refractivity contribution in [2.45, 2.75) is 32.1 Å². The highest BCUT2D eigenvalue weighted by Crippen LogP contribution is 2.63. The van der Waals surface area contributed by atoms with Crippen LogP contribution >= 0.6 is 0 Å². The van der Waals surface area contributed by atoms with Crippen LogP contribution in [-0.2, 0) is 14.3 Å². The van der Waals surface area contributed by atoms with Crippen LogP contribution in [0.4, 0.5) is 5.69 Å². The van der Waals surface area contributed by atoms with Crippen LogP contribution in [0.3, 0.4) is 0 Å². The van der Waals surface area contributed by atoms with Crippen LogP contribution in [0.1, 0.15) is 42.5 Å². The summed E-state index contributed by atoms with van der Waals surface area (Å²) >= 11 is 0. The minimum absolute atomic E-state index is 0.0791. The fourth-order valence-corrected chi connectivity index (χ4v) is 8.43. The van der Waals surface area contributed by atoms with Crippen LogP contribution in [0.2, 0.25) is 0 Å². The van der Waals surface area contributed by atoms with Gasteiger partial charge in [0.2, 0.25) is 11.8 Å². The Hall–Kier alpha value is -2.69. The first-order valence-electron chi connectivity index (χ1n) is 12.0. The summed E-state index contributed by atoms with van der Waals surface area (Å²) in [5.74, 6) is 2.25. The van der Waals surface area contributed by atoms with E-state index in [2.05, 4.69) is 12.2 Å². The van der Waals surface area contributed by atoms with Crippen molar-refractivity contribution < 1.29 is 19.1 Å². The van der Waals surface area contributed by atoms with Crippen LogP contribution < -0.4 is 4.90 Å². The molecule has 6 fully saturated rings. The number of esters is 1. The lowest BCUT2D eigenvalue weighted by Crippen LogP contribution is -2.41. The van der Waals surface area contributed by atoms with Crippen molar-refractivity contribution in [1.29, 1.82) is 0 Å². The van der Waals surface area contributed by atoms with Gasteiger partial charge in [0.15, 0.2) is 0 Å². The van der Waals surface area contributed by atoms with Crippen molar-refractivity contribution in [2.75, 3.05) is 12.0 Å². The second-order valence-corrected chi connectivity index (χ2v) is 10.8. The molecule has 6 bridgehead atoms. The Kier molecular flexibility index (Phi) is 3.79. The topological polar surface area (TPSA) is 63.7 Å². The van der Waals surface area contributed by atoms with Gasteiger partial charge in [-0.3, -0.25) is 9.59 Å². The van der Waals surface area contributed by atoms with Crippen molar-refractivity contribution >= 4 is 23.5 Å². The van der Waals surface area contributed by atoms with Gasteiger partial charge in [0, 0.05) is 11.8 Å². The summed E-state index contributed by atoms with van der Waals surface area (Å²) in [6.07, 6.45) is 11.1. The van der Waals surface area contributed by atoms with Gasteiger partial charge in [0.1, 0.15) is 0 Å².